The highest BCUT2D eigenvalue weighted by atomic mass is 16.6. The topological polar surface area (TPSA) is 89.7 Å². The average Bonchev–Trinajstić information content (AvgIpc) is 2.46. The second kappa shape index (κ2) is 6.04. The fraction of sp³-hybridized carbons (Fsp3) is 0.133. The van der Waals surface area contributed by atoms with Gasteiger partial charge in [0.2, 0.25) is 5.75 Å². The van der Waals surface area contributed by atoms with Gasteiger partial charge in [0.25, 0.3) is 0 Å². The first kappa shape index (κ1) is 14.5. The van der Waals surface area contributed by atoms with Crippen LogP contribution >= 0.6 is 0 Å². The van der Waals surface area contributed by atoms with Gasteiger partial charge in [0, 0.05) is 11.6 Å². The van der Waals surface area contributed by atoms with Gasteiger partial charge in [-0.25, -0.2) is 4.79 Å². The predicted molar refractivity (Wildman–Crippen MR) is 75.6 cm³/mol. The Kier molecular flexibility index (Phi) is 4.18. The molecule has 0 spiro atoms. The van der Waals surface area contributed by atoms with Crippen LogP contribution in [0.15, 0.2) is 42.5 Å². The Morgan fingerprint density at radius 3 is 2.48 bits per heavy atom. The maximum absolute atomic E-state index is 11.1. The molecule has 1 N–H and O–H groups in total. The Labute approximate surface area is 120 Å². The van der Waals surface area contributed by atoms with Gasteiger partial charge in [0.1, 0.15) is 6.61 Å². The predicted octanol–water partition coefficient (Wildman–Crippen LogP) is 3.18. The van der Waals surface area contributed by atoms with Crippen LogP contribution < -0.4 is 4.74 Å². The molecule has 0 aliphatic heterocycles. The number of hydrogen-bond donors (Lipinski definition) is 1. The van der Waals surface area contributed by atoms with Crippen molar-refractivity contribution in [1.29, 1.82) is 0 Å². The number of nitrogens with zero attached hydrogens (tertiary/aromatic N) is 1. The molecule has 2 aromatic carbocycles. The van der Waals surface area contributed by atoms with E-state index in [1.165, 1.54) is 13.0 Å². The van der Waals surface area contributed by atoms with Crippen molar-refractivity contribution in [1.82, 2.24) is 0 Å². The first-order valence-electron chi connectivity index (χ1n) is 6.18. The summed E-state index contributed by atoms with van der Waals surface area (Å²) in [5, 5.41) is 20.1. The highest BCUT2D eigenvalue weighted by Gasteiger charge is 2.22. The quantitative estimate of drug-likeness (QED) is 0.673. The van der Waals surface area contributed by atoms with Gasteiger partial charge in [-0.15, -0.1) is 0 Å². The number of ether oxygens (including phenoxy) is 1. The zero-order valence-electron chi connectivity index (χ0n) is 11.3. The second-order valence-electron chi connectivity index (χ2n) is 4.42. The molecule has 0 saturated heterocycles. The first-order valence-corrected chi connectivity index (χ1v) is 6.18. The summed E-state index contributed by atoms with van der Waals surface area (Å²) >= 11 is 0. The van der Waals surface area contributed by atoms with Gasteiger partial charge >= 0.3 is 11.7 Å². The lowest BCUT2D eigenvalue weighted by molar-refractivity contribution is -0.386. The van der Waals surface area contributed by atoms with E-state index in [-0.39, 0.29) is 29.2 Å². The molecule has 0 aliphatic rings. The van der Waals surface area contributed by atoms with Crippen LogP contribution in [0.1, 0.15) is 21.5 Å². The Morgan fingerprint density at radius 1 is 1.24 bits per heavy atom. The molecule has 0 bridgehead atoms. The largest absolute Gasteiger partial charge is 0.482 e. The molecule has 108 valence electrons. The van der Waals surface area contributed by atoms with Crippen molar-refractivity contribution in [2.45, 2.75) is 13.5 Å². The van der Waals surface area contributed by atoms with Gasteiger partial charge in [-0.05, 0) is 18.6 Å². The van der Waals surface area contributed by atoms with Crippen molar-refractivity contribution in [3.8, 4) is 5.75 Å². The van der Waals surface area contributed by atoms with E-state index >= 15 is 0 Å². The van der Waals surface area contributed by atoms with Crippen LogP contribution in [0.5, 0.6) is 5.75 Å². The molecule has 2 rings (SSSR count). The van der Waals surface area contributed by atoms with Crippen molar-refractivity contribution in [2.24, 2.45) is 0 Å². The SMILES string of the molecule is Cc1c(C(=O)O)ccc([N+](=O)[O-])c1OCc1ccccc1. The minimum absolute atomic E-state index is 0.0104. The van der Waals surface area contributed by atoms with E-state index in [0.29, 0.717) is 0 Å². The Morgan fingerprint density at radius 2 is 1.90 bits per heavy atom. The third-order valence-corrected chi connectivity index (χ3v) is 3.04. The van der Waals surface area contributed by atoms with Crippen LogP contribution in [0, 0.1) is 17.0 Å². The molecule has 0 saturated carbocycles. The molecular weight excluding hydrogens is 274 g/mol. The smallest absolute Gasteiger partial charge is 0.336 e. The molecular formula is C15H13NO5. The molecule has 21 heavy (non-hydrogen) atoms. The van der Waals surface area contributed by atoms with Crippen molar-refractivity contribution in [3.05, 3.63) is 69.3 Å². The minimum atomic E-state index is -1.15. The second-order valence-corrected chi connectivity index (χ2v) is 4.42. The summed E-state index contributed by atoms with van der Waals surface area (Å²) in [6.45, 7) is 1.63. The van der Waals surface area contributed by atoms with E-state index < -0.39 is 10.9 Å². The summed E-state index contributed by atoms with van der Waals surface area (Å²) in [6.07, 6.45) is 0. The number of rotatable bonds is 5. The molecule has 0 amide bonds. The molecule has 0 radical (unpaired) electrons. The maximum atomic E-state index is 11.1. The lowest BCUT2D eigenvalue weighted by Crippen LogP contribution is -2.06. The monoisotopic (exact) mass is 287 g/mol. The Balaban J connectivity index is 2.37. The van der Waals surface area contributed by atoms with E-state index in [2.05, 4.69) is 0 Å². The Bertz CT molecular complexity index is 682. The van der Waals surface area contributed by atoms with Crippen molar-refractivity contribution >= 4 is 11.7 Å². The highest BCUT2D eigenvalue weighted by Crippen LogP contribution is 2.33. The normalized spacial score (nSPS) is 10.1. The zero-order valence-corrected chi connectivity index (χ0v) is 11.3. The van der Waals surface area contributed by atoms with Crippen molar-refractivity contribution in [2.75, 3.05) is 0 Å². The Hall–Kier alpha value is -2.89. The van der Waals surface area contributed by atoms with E-state index in [4.69, 9.17) is 9.84 Å². The van der Waals surface area contributed by atoms with Gasteiger partial charge in [-0.1, -0.05) is 30.3 Å². The number of carboxylic acids is 1. The van der Waals surface area contributed by atoms with Crippen molar-refractivity contribution in [3.63, 3.8) is 0 Å². The highest BCUT2D eigenvalue weighted by molar-refractivity contribution is 5.91. The van der Waals surface area contributed by atoms with Gasteiger partial charge in [-0.2, -0.15) is 0 Å². The summed E-state index contributed by atoms with van der Waals surface area (Å²) in [7, 11) is 0. The number of benzene rings is 2. The average molecular weight is 287 g/mol. The number of hydrogen-bond acceptors (Lipinski definition) is 4. The molecule has 0 aromatic heterocycles. The van der Waals surface area contributed by atoms with Gasteiger partial charge in [-0.3, -0.25) is 10.1 Å². The maximum Gasteiger partial charge on any atom is 0.336 e. The van der Waals surface area contributed by atoms with Crippen LogP contribution in [0.25, 0.3) is 0 Å². The summed E-state index contributed by atoms with van der Waals surface area (Å²) in [5.41, 5.74) is 0.830. The molecule has 0 aliphatic carbocycles. The lowest BCUT2D eigenvalue weighted by atomic mass is 10.1. The van der Waals surface area contributed by atoms with E-state index in [1.807, 2.05) is 30.3 Å². The molecule has 0 unspecified atom stereocenters. The third-order valence-electron chi connectivity index (χ3n) is 3.04. The van der Waals surface area contributed by atoms with Crippen LogP contribution in [0.3, 0.4) is 0 Å². The molecule has 0 fully saturated rings. The van der Waals surface area contributed by atoms with Crippen LogP contribution in [0.2, 0.25) is 0 Å². The number of nitro groups is 1. The molecule has 6 heteroatoms. The molecule has 0 heterocycles. The fourth-order valence-corrected chi connectivity index (χ4v) is 1.96. The third kappa shape index (κ3) is 3.17. The molecule has 0 atom stereocenters. The summed E-state index contributed by atoms with van der Waals surface area (Å²) in [4.78, 5) is 21.6. The lowest BCUT2D eigenvalue weighted by Gasteiger charge is -2.11. The van der Waals surface area contributed by atoms with E-state index in [0.717, 1.165) is 11.6 Å². The van der Waals surface area contributed by atoms with E-state index in [9.17, 15) is 14.9 Å². The summed E-state index contributed by atoms with van der Waals surface area (Å²) < 4.78 is 5.50. The number of carbonyl (C=O) groups is 1. The van der Waals surface area contributed by atoms with Gasteiger partial charge in [0.05, 0.1) is 10.5 Å². The van der Waals surface area contributed by atoms with Crippen LogP contribution in [-0.2, 0) is 6.61 Å². The minimum Gasteiger partial charge on any atom is -0.482 e. The van der Waals surface area contributed by atoms with Crippen molar-refractivity contribution < 1.29 is 19.6 Å². The summed E-state index contributed by atoms with van der Waals surface area (Å²) in [5.74, 6) is -1.16. The van der Waals surface area contributed by atoms with Crippen LogP contribution in [-0.4, -0.2) is 16.0 Å². The standard InChI is InChI=1S/C15H13NO5/c1-10-12(15(17)18)7-8-13(16(19)20)14(10)21-9-11-5-3-2-4-6-11/h2-8H,9H2,1H3,(H,17,18). The van der Waals surface area contributed by atoms with Crippen LogP contribution in [0.4, 0.5) is 5.69 Å². The number of carboxylic acid groups (broad SMARTS) is 1. The van der Waals surface area contributed by atoms with Gasteiger partial charge in [0.15, 0.2) is 0 Å². The fourth-order valence-electron chi connectivity index (χ4n) is 1.96. The summed E-state index contributed by atoms with van der Waals surface area (Å²) in [6, 6.07) is 11.5. The number of nitro benzene ring substituents is 1. The van der Waals surface area contributed by atoms with Gasteiger partial charge < -0.3 is 9.84 Å². The molecule has 2 aromatic rings. The van der Waals surface area contributed by atoms with E-state index in [1.54, 1.807) is 0 Å². The molecule has 6 nitrogen and oxygen atoms in total. The first-order chi connectivity index (χ1) is 10.0. The number of aromatic carboxylic acids is 1. The zero-order chi connectivity index (χ0) is 15.4.